The van der Waals surface area contributed by atoms with E-state index in [0.29, 0.717) is 6.04 Å². The van der Waals surface area contributed by atoms with Crippen LogP contribution in [-0.4, -0.2) is 30.4 Å². The Hall–Kier alpha value is -0.140. The van der Waals surface area contributed by atoms with E-state index < -0.39 is 0 Å². The highest BCUT2D eigenvalue weighted by Crippen LogP contribution is 2.36. The van der Waals surface area contributed by atoms with Crippen molar-refractivity contribution in [2.45, 2.75) is 37.8 Å². The molecular weight excluding hydrogens is 359 g/mol. The number of fused-ring (bicyclic) bond motifs is 1. The molecule has 1 aliphatic heterocycles. The second-order valence-electron chi connectivity index (χ2n) is 5.14. The molecule has 0 radical (unpaired) electrons. The van der Waals surface area contributed by atoms with Crippen molar-refractivity contribution >= 4 is 39.8 Å². The van der Waals surface area contributed by atoms with Crippen molar-refractivity contribution in [2.75, 3.05) is 13.6 Å². The number of likely N-dealkylation sites (tertiary alicyclic amines) is 1. The minimum Gasteiger partial charge on any atom is -0.344 e. The molecule has 0 saturated carbocycles. The van der Waals surface area contributed by atoms with Gasteiger partial charge in [-0.3, -0.25) is 10.1 Å². The Bertz CT molecular complexity index is 474. The zero-order valence-corrected chi connectivity index (χ0v) is 13.4. The van der Waals surface area contributed by atoms with Crippen molar-refractivity contribution in [1.82, 2.24) is 10.2 Å². The summed E-state index contributed by atoms with van der Waals surface area (Å²) >= 11 is 4.30. The van der Waals surface area contributed by atoms with Crippen LogP contribution in [0.15, 0.2) is 6.07 Å². The number of carbonyl (C=O) groups is 1. The molecule has 98 valence electrons. The summed E-state index contributed by atoms with van der Waals surface area (Å²) in [6.07, 6.45) is 4.55. The number of hydrogen-bond acceptors (Lipinski definition) is 3. The molecule has 1 saturated heterocycles. The minimum atomic E-state index is 0.0310. The Kier molecular flexibility index (Phi) is 3.64. The zero-order valence-electron chi connectivity index (χ0n) is 10.4. The van der Waals surface area contributed by atoms with Gasteiger partial charge in [0.1, 0.15) is 0 Å². The summed E-state index contributed by atoms with van der Waals surface area (Å²) < 4.78 is 1.36. The van der Waals surface area contributed by atoms with Crippen molar-refractivity contribution < 1.29 is 4.79 Å². The van der Waals surface area contributed by atoms with Gasteiger partial charge in [-0.25, -0.2) is 0 Å². The lowest BCUT2D eigenvalue weighted by atomic mass is 9.93. The smallest absolute Gasteiger partial charge is 0.239 e. The molecule has 1 N–H and O–H groups in total. The molecule has 1 aromatic heterocycles. The molecule has 2 atom stereocenters. The first kappa shape index (κ1) is 12.9. The number of hydrogen-bond donors (Lipinski definition) is 1. The van der Waals surface area contributed by atoms with Crippen molar-refractivity contribution in [2.24, 2.45) is 0 Å². The first-order valence-electron chi connectivity index (χ1n) is 6.44. The number of likely N-dealkylation sites (N-methyl/N-ethyl adjacent to an activating group) is 1. The Morgan fingerprint density at radius 3 is 3.00 bits per heavy atom. The number of carbonyl (C=O) groups excluding carboxylic acids is 1. The molecular formula is C13H17IN2OS. The third-order valence-corrected chi connectivity index (χ3v) is 5.88. The molecule has 1 aliphatic carbocycles. The number of nitrogens with zero attached hydrogens (tertiary/aromatic N) is 1. The molecule has 2 unspecified atom stereocenters. The summed E-state index contributed by atoms with van der Waals surface area (Å²) in [5, 5.41) is 3.58. The van der Waals surface area contributed by atoms with Gasteiger partial charge < -0.3 is 4.90 Å². The van der Waals surface area contributed by atoms with Crippen LogP contribution in [0.5, 0.6) is 0 Å². The fraction of sp³-hybridized carbons (Fsp3) is 0.615. The van der Waals surface area contributed by atoms with Gasteiger partial charge in [-0.15, -0.1) is 11.3 Å². The topological polar surface area (TPSA) is 32.3 Å². The van der Waals surface area contributed by atoms with Crippen LogP contribution in [0, 0.1) is 2.88 Å². The Morgan fingerprint density at radius 2 is 2.28 bits per heavy atom. The number of aryl methyl sites for hydroxylation is 1. The maximum absolute atomic E-state index is 12.0. The third kappa shape index (κ3) is 2.32. The van der Waals surface area contributed by atoms with Gasteiger partial charge in [-0.1, -0.05) is 0 Å². The molecule has 5 heteroatoms. The fourth-order valence-corrected chi connectivity index (χ4v) is 5.03. The predicted molar refractivity (Wildman–Crippen MR) is 81.9 cm³/mol. The average Bonchev–Trinajstić information content (AvgIpc) is 2.86. The van der Waals surface area contributed by atoms with E-state index in [9.17, 15) is 4.79 Å². The maximum atomic E-state index is 12.0. The van der Waals surface area contributed by atoms with E-state index in [-0.39, 0.29) is 11.9 Å². The van der Waals surface area contributed by atoms with Gasteiger partial charge in [-0.2, -0.15) is 0 Å². The third-order valence-electron chi connectivity index (χ3n) is 3.91. The summed E-state index contributed by atoms with van der Waals surface area (Å²) in [5.41, 5.74) is 1.44. The first-order chi connectivity index (χ1) is 8.65. The lowest BCUT2D eigenvalue weighted by Crippen LogP contribution is -2.39. The van der Waals surface area contributed by atoms with Gasteiger partial charge in [0.25, 0.3) is 0 Å². The van der Waals surface area contributed by atoms with Crippen LogP contribution in [0.2, 0.25) is 0 Å². The van der Waals surface area contributed by atoms with E-state index in [0.717, 1.165) is 19.4 Å². The normalized spacial score (nSPS) is 27.7. The zero-order chi connectivity index (χ0) is 12.7. The van der Waals surface area contributed by atoms with Gasteiger partial charge in [0, 0.05) is 24.5 Å². The van der Waals surface area contributed by atoms with E-state index in [1.54, 1.807) is 0 Å². The monoisotopic (exact) mass is 376 g/mol. The average molecular weight is 376 g/mol. The predicted octanol–water partition coefficient (Wildman–Crippen LogP) is 2.55. The van der Waals surface area contributed by atoms with E-state index in [1.165, 1.54) is 26.2 Å². The Morgan fingerprint density at radius 1 is 1.44 bits per heavy atom. The van der Waals surface area contributed by atoms with Crippen LogP contribution < -0.4 is 5.32 Å². The van der Waals surface area contributed by atoms with E-state index in [1.807, 2.05) is 23.3 Å². The van der Waals surface area contributed by atoms with Crippen LogP contribution >= 0.6 is 33.9 Å². The van der Waals surface area contributed by atoms with Gasteiger partial charge >= 0.3 is 0 Å². The summed E-state index contributed by atoms with van der Waals surface area (Å²) in [7, 11) is 1.89. The molecule has 1 fully saturated rings. The van der Waals surface area contributed by atoms with Gasteiger partial charge in [0.15, 0.2) is 0 Å². The van der Waals surface area contributed by atoms with Crippen molar-refractivity contribution in [3.05, 3.63) is 19.4 Å². The summed E-state index contributed by atoms with van der Waals surface area (Å²) in [5.74, 6) is 0.257. The number of amides is 1. The molecule has 0 aromatic carbocycles. The lowest BCUT2D eigenvalue weighted by molar-refractivity contribution is -0.128. The molecule has 2 heterocycles. The van der Waals surface area contributed by atoms with E-state index in [4.69, 9.17) is 0 Å². The number of thiophene rings is 1. The molecule has 1 amide bonds. The number of halogens is 1. The van der Waals surface area contributed by atoms with Crippen LogP contribution in [0.1, 0.15) is 35.7 Å². The van der Waals surface area contributed by atoms with Gasteiger partial charge in [-0.05, 0) is 59.9 Å². The summed E-state index contributed by atoms with van der Waals surface area (Å²) in [6.45, 7) is 0.886. The molecule has 18 heavy (non-hydrogen) atoms. The first-order valence-corrected chi connectivity index (χ1v) is 8.34. The standard InChI is InChI=1S/C13H17IN2OS/c1-16-6-5-10(13(16)17)15-9-3-2-4-11-8(9)7-12(14)18-11/h7,9-10,15H,2-6H2,1H3. The molecule has 0 spiro atoms. The minimum absolute atomic E-state index is 0.0310. The summed E-state index contributed by atoms with van der Waals surface area (Å²) in [4.78, 5) is 15.3. The lowest BCUT2D eigenvalue weighted by Gasteiger charge is -2.26. The number of nitrogens with one attached hydrogen (secondary N) is 1. The largest absolute Gasteiger partial charge is 0.344 e. The van der Waals surface area contributed by atoms with Crippen molar-refractivity contribution in [3.63, 3.8) is 0 Å². The van der Waals surface area contributed by atoms with Crippen molar-refractivity contribution in [3.8, 4) is 0 Å². The SMILES string of the molecule is CN1CCC(NC2CCCc3sc(I)cc32)C1=O. The second-order valence-corrected chi connectivity index (χ2v) is 8.17. The van der Waals surface area contributed by atoms with Gasteiger partial charge in [0.2, 0.25) is 5.91 Å². The molecule has 2 aliphatic rings. The highest BCUT2D eigenvalue weighted by atomic mass is 127. The fourth-order valence-electron chi connectivity index (χ4n) is 2.91. The molecule has 1 aromatic rings. The molecule has 3 rings (SSSR count). The molecule has 0 bridgehead atoms. The Labute approximate surface area is 125 Å². The van der Waals surface area contributed by atoms with Crippen LogP contribution in [-0.2, 0) is 11.2 Å². The van der Waals surface area contributed by atoms with Crippen molar-refractivity contribution in [1.29, 1.82) is 0 Å². The highest BCUT2D eigenvalue weighted by molar-refractivity contribution is 14.1. The molecule has 3 nitrogen and oxygen atoms in total. The number of rotatable bonds is 2. The quantitative estimate of drug-likeness (QED) is 0.805. The van der Waals surface area contributed by atoms with E-state index in [2.05, 4.69) is 34.0 Å². The van der Waals surface area contributed by atoms with Crippen LogP contribution in [0.25, 0.3) is 0 Å². The maximum Gasteiger partial charge on any atom is 0.239 e. The van der Waals surface area contributed by atoms with Gasteiger partial charge in [0.05, 0.1) is 8.93 Å². The van der Waals surface area contributed by atoms with Crippen LogP contribution in [0.4, 0.5) is 0 Å². The summed E-state index contributed by atoms with van der Waals surface area (Å²) in [6, 6.07) is 2.71. The van der Waals surface area contributed by atoms with Crippen LogP contribution in [0.3, 0.4) is 0 Å². The van der Waals surface area contributed by atoms with E-state index >= 15 is 0 Å². The second kappa shape index (κ2) is 5.09. The Balaban J connectivity index is 1.76. The highest BCUT2D eigenvalue weighted by Gasteiger charge is 2.32.